The normalized spacial score (nSPS) is 11.3. The molecule has 6 rings (SSSR count). The summed E-state index contributed by atoms with van der Waals surface area (Å²) in [5.41, 5.74) is 4.38. The van der Waals surface area contributed by atoms with Gasteiger partial charge in [0.1, 0.15) is 12.5 Å². The smallest absolute Gasteiger partial charge is 0.161 e. The quantitative estimate of drug-likeness (QED) is 0.432. The molecular formula is C24H13N6. The highest BCUT2D eigenvalue weighted by atomic mass is 14.9. The average Bonchev–Trinajstić information content (AvgIpc) is 2.82. The van der Waals surface area contributed by atoms with Gasteiger partial charge in [-0.05, 0) is 30.3 Å². The summed E-state index contributed by atoms with van der Waals surface area (Å²) < 4.78 is 0. The van der Waals surface area contributed by atoms with Crippen LogP contribution >= 0.6 is 0 Å². The van der Waals surface area contributed by atoms with Crippen LogP contribution in [0.15, 0.2) is 79.4 Å². The van der Waals surface area contributed by atoms with Crippen molar-refractivity contribution in [2.45, 2.75) is 0 Å². The highest BCUT2D eigenvalue weighted by Gasteiger charge is 2.11. The Morgan fingerprint density at radius 1 is 0.700 bits per heavy atom. The summed E-state index contributed by atoms with van der Waals surface area (Å²) in [6.45, 7) is 0. The first-order valence-electron chi connectivity index (χ1n) is 9.46. The van der Waals surface area contributed by atoms with Crippen LogP contribution < -0.4 is 0 Å². The largest absolute Gasteiger partial charge is 0.244 e. The first-order valence-corrected chi connectivity index (χ1v) is 9.46. The second kappa shape index (κ2) is 6.63. The molecule has 30 heavy (non-hydrogen) atoms. The highest BCUT2D eigenvalue weighted by molar-refractivity contribution is 5.94. The van der Waals surface area contributed by atoms with Crippen LogP contribution in [0.5, 0.6) is 0 Å². The maximum Gasteiger partial charge on any atom is 0.161 e. The summed E-state index contributed by atoms with van der Waals surface area (Å²) in [6, 6.07) is 19.7. The number of para-hydroxylation sites is 1. The molecule has 6 nitrogen and oxygen atoms in total. The molecule has 3 heterocycles. The minimum atomic E-state index is 0.610. The third-order valence-corrected chi connectivity index (χ3v) is 5.04. The van der Waals surface area contributed by atoms with Crippen LogP contribution in [-0.2, 0) is 0 Å². The minimum absolute atomic E-state index is 0.610. The molecule has 6 heteroatoms. The van der Waals surface area contributed by atoms with E-state index < -0.39 is 0 Å². The molecule has 3 aromatic heterocycles. The third-order valence-electron chi connectivity index (χ3n) is 5.04. The van der Waals surface area contributed by atoms with Gasteiger partial charge in [0.15, 0.2) is 11.6 Å². The summed E-state index contributed by atoms with van der Waals surface area (Å²) in [5.74, 6) is 1.26. The fourth-order valence-electron chi connectivity index (χ4n) is 3.55. The molecule has 3 aromatic carbocycles. The van der Waals surface area contributed by atoms with Crippen molar-refractivity contribution in [1.29, 1.82) is 0 Å². The molecule has 0 saturated carbocycles. The number of rotatable bonds is 2. The SMILES string of the molecule is [c]1nc(-c2cccc3nc(-c4ccc5ncncc5c4)ncc23)nc2ccccc12. The molecule has 1 radical (unpaired) electrons. The van der Waals surface area contributed by atoms with E-state index in [0.29, 0.717) is 11.6 Å². The highest BCUT2D eigenvalue weighted by Crippen LogP contribution is 2.28. The molecule has 0 aliphatic rings. The van der Waals surface area contributed by atoms with Crippen LogP contribution in [0, 0.1) is 6.20 Å². The molecule has 0 aliphatic carbocycles. The Morgan fingerprint density at radius 2 is 1.60 bits per heavy atom. The predicted molar refractivity (Wildman–Crippen MR) is 115 cm³/mol. The standard InChI is InChI=1S/C24H13N6/c1-2-6-21-16(4-1)12-26-24(29-21)18-5-3-7-22-19(18)13-27-23(30-22)15-8-9-20-17(10-15)11-25-14-28-20/h1-11,13-14H. The van der Waals surface area contributed by atoms with Crippen LogP contribution in [0.2, 0.25) is 0 Å². The number of benzene rings is 3. The summed E-state index contributed by atoms with van der Waals surface area (Å²) in [7, 11) is 0. The average molecular weight is 385 g/mol. The Bertz CT molecular complexity index is 1560. The van der Waals surface area contributed by atoms with Crippen LogP contribution in [0.1, 0.15) is 0 Å². The van der Waals surface area contributed by atoms with Gasteiger partial charge in [-0.3, -0.25) is 0 Å². The van der Waals surface area contributed by atoms with Gasteiger partial charge >= 0.3 is 0 Å². The number of fused-ring (bicyclic) bond motifs is 3. The summed E-state index contributed by atoms with van der Waals surface area (Å²) in [4.78, 5) is 26.9. The van der Waals surface area contributed by atoms with E-state index in [2.05, 4.69) is 26.1 Å². The van der Waals surface area contributed by atoms with E-state index in [9.17, 15) is 0 Å². The minimum Gasteiger partial charge on any atom is -0.244 e. The topological polar surface area (TPSA) is 77.3 Å². The summed E-state index contributed by atoms with van der Waals surface area (Å²) >= 11 is 0. The van der Waals surface area contributed by atoms with Crippen molar-refractivity contribution in [3.8, 4) is 22.8 Å². The number of hydrogen-bond donors (Lipinski definition) is 0. The summed E-state index contributed by atoms with van der Waals surface area (Å²) in [6.07, 6.45) is 8.24. The molecule has 0 N–H and O–H groups in total. The van der Waals surface area contributed by atoms with E-state index in [0.717, 1.165) is 43.8 Å². The lowest BCUT2D eigenvalue weighted by molar-refractivity contribution is 1.20. The van der Waals surface area contributed by atoms with Crippen LogP contribution in [-0.4, -0.2) is 29.9 Å². The fraction of sp³-hybridized carbons (Fsp3) is 0. The van der Waals surface area contributed by atoms with Gasteiger partial charge in [-0.25, -0.2) is 29.9 Å². The zero-order valence-corrected chi connectivity index (χ0v) is 15.7. The van der Waals surface area contributed by atoms with Gasteiger partial charge in [0.2, 0.25) is 0 Å². The van der Waals surface area contributed by atoms with Gasteiger partial charge in [-0.15, -0.1) is 0 Å². The Hall–Kier alpha value is -4.32. The molecule has 0 bridgehead atoms. The van der Waals surface area contributed by atoms with Gasteiger partial charge < -0.3 is 0 Å². The first kappa shape index (κ1) is 16.6. The molecule has 6 aromatic rings. The molecule has 0 fully saturated rings. The van der Waals surface area contributed by atoms with E-state index in [4.69, 9.17) is 9.97 Å². The van der Waals surface area contributed by atoms with Crippen molar-refractivity contribution in [2.75, 3.05) is 0 Å². The molecule has 139 valence electrons. The third kappa shape index (κ3) is 2.74. The van der Waals surface area contributed by atoms with E-state index >= 15 is 0 Å². The second-order valence-electron chi connectivity index (χ2n) is 6.90. The lowest BCUT2D eigenvalue weighted by Crippen LogP contribution is -1.95. The molecule has 0 aliphatic heterocycles. The lowest BCUT2D eigenvalue weighted by atomic mass is 10.1. The zero-order chi connectivity index (χ0) is 19.9. The van der Waals surface area contributed by atoms with Crippen LogP contribution in [0.4, 0.5) is 0 Å². The molecule has 0 amide bonds. The Morgan fingerprint density at radius 3 is 2.60 bits per heavy atom. The van der Waals surface area contributed by atoms with Gasteiger partial charge in [-0.1, -0.05) is 30.3 Å². The number of hydrogen-bond acceptors (Lipinski definition) is 6. The van der Waals surface area contributed by atoms with Crippen molar-refractivity contribution in [2.24, 2.45) is 0 Å². The monoisotopic (exact) mass is 385 g/mol. The fourth-order valence-corrected chi connectivity index (χ4v) is 3.55. The molecule has 0 atom stereocenters. The molecular weight excluding hydrogens is 372 g/mol. The van der Waals surface area contributed by atoms with E-state index in [1.54, 1.807) is 12.5 Å². The van der Waals surface area contributed by atoms with Crippen molar-refractivity contribution in [3.63, 3.8) is 0 Å². The van der Waals surface area contributed by atoms with Gasteiger partial charge in [-0.2, -0.15) is 0 Å². The molecule has 0 unspecified atom stereocenters. The maximum absolute atomic E-state index is 4.78. The van der Waals surface area contributed by atoms with Crippen LogP contribution in [0.3, 0.4) is 0 Å². The van der Waals surface area contributed by atoms with E-state index in [-0.39, 0.29) is 0 Å². The Labute approximate surface area is 171 Å². The van der Waals surface area contributed by atoms with Gasteiger partial charge in [0, 0.05) is 39.7 Å². The zero-order valence-electron chi connectivity index (χ0n) is 15.7. The van der Waals surface area contributed by atoms with Crippen molar-refractivity contribution >= 4 is 32.7 Å². The second-order valence-corrected chi connectivity index (χ2v) is 6.90. The molecule has 0 spiro atoms. The van der Waals surface area contributed by atoms with Crippen molar-refractivity contribution in [3.05, 3.63) is 85.6 Å². The summed E-state index contributed by atoms with van der Waals surface area (Å²) in [5, 5.41) is 2.74. The predicted octanol–water partition coefficient (Wildman–Crippen LogP) is 4.65. The lowest BCUT2D eigenvalue weighted by Gasteiger charge is -2.08. The molecule has 0 saturated heterocycles. The van der Waals surface area contributed by atoms with Crippen molar-refractivity contribution in [1.82, 2.24) is 29.9 Å². The van der Waals surface area contributed by atoms with E-state index in [1.165, 1.54) is 0 Å². The van der Waals surface area contributed by atoms with Gasteiger partial charge in [0.05, 0.1) is 16.6 Å². The Balaban J connectivity index is 1.49. The number of aromatic nitrogens is 6. The van der Waals surface area contributed by atoms with E-state index in [1.807, 2.05) is 66.9 Å². The number of nitrogens with zero attached hydrogens (tertiary/aromatic N) is 6. The van der Waals surface area contributed by atoms with Crippen molar-refractivity contribution < 1.29 is 0 Å². The first-order chi connectivity index (χ1) is 14.8. The van der Waals surface area contributed by atoms with Crippen LogP contribution in [0.25, 0.3) is 55.5 Å². The maximum atomic E-state index is 4.78. The van der Waals surface area contributed by atoms with Gasteiger partial charge in [0.25, 0.3) is 0 Å². The Kier molecular flexibility index (Phi) is 3.67.